The van der Waals surface area contributed by atoms with Gasteiger partial charge in [-0.25, -0.2) is 9.97 Å². The SMILES string of the molecule is C=Cc1c[nH]c2ccccc12.CC.CCC(CCc1nc(NC)cc(N2CCCCC2)n1)CC(C)(C)C. The minimum Gasteiger partial charge on any atom is -0.373 e. The Hall–Kier alpha value is -2.82. The number of fused-ring (bicyclic) bond motifs is 1. The van der Waals surface area contributed by atoms with Crippen LogP contribution in [0.4, 0.5) is 11.6 Å². The summed E-state index contributed by atoms with van der Waals surface area (Å²) < 4.78 is 0. The van der Waals surface area contributed by atoms with Gasteiger partial charge in [0.25, 0.3) is 0 Å². The molecule has 3 aromatic rings. The van der Waals surface area contributed by atoms with Gasteiger partial charge < -0.3 is 15.2 Å². The van der Waals surface area contributed by atoms with E-state index in [1.54, 1.807) is 0 Å². The Morgan fingerprint density at radius 1 is 1.11 bits per heavy atom. The predicted octanol–water partition coefficient (Wildman–Crippen LogP) is 8.74. The highest BCUT2D eigenvalue weighted by Gasteiger charge is 2.19. The first-order valence-electron chi connectivity index (χ1n) is 14.3. The standard InChI is InChI=1S/C20H36N4.C10H9N.C2H6/c1-6-16(15-20(2,3)4)10-11-17-22-18(21-5)14-19(23-17)24-12-8-7-9-13-24;1-2-8-7-11-10-6-4-3-5-9(8)10;1-2/h14,16H,6-13,15H2,1-5H3,(H,21,22,23);2-7,11H,1H2;1-2H3. The first kappa shape index (κ1) is 30.4. The largest absolute Gasteiger partial charge is 0.373 e. The summed E-state index contributed by atoms with van der Waals surface area (Å²) in [5.74, 6) is 3.80. The van der Waals surface area contributed by atoms with Crippen LogP contribution in [-0.2, 0) is 6.42 Å². The molecule has 1 aliphatic heterocycles. The van der Waals surface area contributed by atoms with Gasteiger partial charge in [0, 0.05) is 49.7 Å². The van der Waals surface area contributed by atoms with Gasteiger partial charge in [0.1, 0.15) is 17.5 Å². The molecule has 5 heteroatoms. The second kappa shape index (κ2) is 15.4. The normalized spacial score (nSPS) is 14.2. The van der Waals surface area contributed by atoms with Crippen LogP contribution >= 0.6 is 0 Å². The maximum absolute atomic E-state index is 4.88. The van der Waals surface area contributed by atoms with Crippen LogP contribution in [-0.4, -0.2) is 35.1 Å². The Morgan fingerprint density at radius 3 is 2.43 bits per heavy atom. The van der Waals surface area contributed by atoms with Gasteiger partial charge in [-0.05, 0) is 55.1 Å². The van der Waals surface area contributed by atoms with Crippen molar-refractivity contribution in [1.29, 1.82) is 0 Å². The Labute approximate surface area is 226 Å². The van der Waals surface area contributed by atoms with Crippen LogP contribution in [0.25, 0.3) is 17.0 Å². The van der Waals surface area contributed by atoms with Crippen molar-refractivity contribution in [1.82, 2.24) is 15.0 Å². The van der Waals surface area contributed by atoms with Crippen LogP contribution in [0.3, 0.4) is 0 Å². The highest BCUT2D eigenvalue weighted by molar-refractivity contribution is 5.88. The molecule has 1 atom stereocenters. The molecule has 1 aromatic carbocycles. The lowest BCUT2D eigenvalue weighted by Crippen LogP contribution is -2.30. The molecule has 3 heterocycles. The molecule has 2 N–H and O–H groups in total. The highest BCUT2D eigenvalue weighted by atomic mass is 15.2. The van der Waals surface area contributed by atoms with Gasteiger partial charge in [-0.15, -0.1) is 0 Å². The number of benzene rings is 1. The van der Waals surface area contributed by atoms with Crippen molar-refractivity contribution in [2.75, 3.05) is 30.4 Å². The van der Waals surface area contributed by atoms with Gasteiger partial charge in [0.2, 0.25) is 0 Å². The number of aromatic amines is 1. The van der Waals surface area contributed by atoms with Crippen molar-refractivity contribution < 1.29 is 0 Å². The quantitative estimate of drug-likeness (QED) is 0.321. The summed E-state index contributed by atoms with van der Waals surface area (Å²) in [7, 11) is 1.94. The summed E-state index contributed by atoms with van der Waals surface area (Å²) in [6.07, 6.45) is 12.4. The first-order chi connectivity index (χ1) is 17.8. The molecule has 0 radical (unpaired) electrons. The second-order valence-electron chi connectivity index (χ2n) is 10.9. The van der Waals surface area contributed by atoms with Crippen LogP contribution in [0.2, 0.25) is 0 Å². The fourth-order valence-electron chi connectivity index (χ4n) is 4.92. The monoisotopic (exact) mass is 505 g/mol. The molecular weight excluding hydrogens is 454 g/mol. The van der Waals surface area contributed by atoms with Crippen molar-refractivity contribution in [3.63, 3.8) is 0 Å². The van der Waals surface area contributed by atoms with Crippen molar-refractivity contribution in [2.45, 2.75) is 86.5 Å². The highest BCUT2D eigenvalue weighted by Crippen LogP contribution is 2.29. The number of H-pyrrole nitrogens is 1. The zero-order valence-corrected chi connectivity index (χ0v) is 24.5. The average molecular weight is 506 g/mol. The van der Waals surface area contributed by atoms with Crippen LogP contribution < -0.4 is 10.2 Å². The third kappa shape index (κ3) is 9.87. The average Bonchev–Trinajstić information content (AvgIpc) is 3.35. The molecule has 1 saturated heterocycles. The number of rotatable bonds is 8. The van der Waals surface area contributed by atoms with E-state index in [2.05, 4.69) is 67.7 Å². The van der Waals surface area contributed by atoms with E-state index in [0.717, 1.165) is 42.9 Å². The lowest BCUT2D eigenvalue weighted by Gasteiger charge is -2.28. The van der Waals surface area contributed by atoms with Crippen molar-refractivity contribution >= 4 is 28.6 Å². The number of anilines is 2. The van der Waals surface area contributed by atoms with E-state index in [9.17, 15) is 0 Å². The van der Waals surface area contributed by atoms with E-state index in [1.807, 2.05) is 45.3 Å². The molecule has 5 nitrogen and oxygen atoms in total. The molecule has 0 bridgehead atoms. The summed E-state index contributed by atoms with van der Waals surface area (Å²) >= 11 is 0. The molecule has 1 aliphatic rings. The molecule has 2 aromatic heterocycles. The van der Waals surface area contributed by atoms with E-state index in [4.69, 9.17) is 9.97 Å². The Bertz CT molecular complexity index is 1060. The summed E-state index contributed by atoms with van der Waals surface area (Å²) in [5.41, 5.74) is 2.73. The topological polar surface area (TPSA) is 56.8 Å². The predicted molar refractivity (Wildman–Crippen MR) is 164 cm³/mol. The Balaban J connectivity index is 0.000000306. The van der Waals surface area contributed by atoms with E-state index in [-0.39, 0.29) is 0 Å². The van der Waals surface area contributed by atoms with Crippen molar-refractivity contribution in [3.8, 4) is 0 Å². The smallest absolute Gasteiger partial charge is 0.134 e. The van der Waals surface area contributed by atoms with Crippen molar-refractivity contribution in [2.24, 2.45) is 11.3 Å². The maximum atomic E-state index is 4.88. The van der Waals surface area contributed by atoms with E-state index < -0.39 is 0 Å². The van der Waals surface area contributed by atoms with Gasteiger partial charge in [0.15, 0.2) is 0 Å². The molecule has 4 rings (SSSR count). The number of aromatic nitrogens is 3. The second-order valence-corrected chi connectivity index (χ2v) is 10.9. The molecule has 37 heavy (non-hydrogen) atoms. The first-order valence-corrected chi connectivity index (χ1v) is 14.3. The van der Waals surface area contributed by atoms with Gasteiger partial charge in [0.05, 0.1) is 0 Å². The third-order valence-corrected chi connectivity index (χ3v) is 6.79. The van der Waals surface area contributed by atoms with Crippen LogP contribution in [0, 0.1) is 11.3 Å². The van der Waals surface area contributed by atoms with E-state index in [0.29, 0.717) is 5.41 Å². The van der Waals surface area contributed by atoms with Crippen LogP contribution in [0.1, 0.15) is 91.5 Å². The summed E-state index contributed by atoms with van der Waals surface area (Å²) in [4.78, 5) is 15.2. The Kier molecular flexibility index (Phi) is 12.7. The molecule has 0 amide bonds. The number of piperidine rings is 1. The molecule has 1 unspecified atom stereocenters. The van der Waals surface area contributed by atoms with Crippen molar-refractivity contribution in [3.05, 3.63) is 54.5 Å². The molecule has 1 fully saturated rings. The molecule has 0 spiro atoms. The minimum absolute atomic E-state index is 0.396. The summed E-state index contributed by atoms with van der Waals surface area (Å²) in [5, 5.41) is 4.45. The lowest BCUT2D eigenvalue weighted by atomic mass is 9.81. The van der Waals surface area contributed by atoms with Gasteiger partial charge in [-0.2, -0.15) is 0 Å². The summed E-state index contributed by atoms with van der Waals surface area (Å²) in [6, 6.07) is 10.3. The number of aryl methyl sites for hydroxylation is 1. The molecule has 0 saturated carbocycles. The summed E-state index contributed by atoms with van der Waals surface area (Å²) in [6.45, 7) is 19.3. The fraction of sp³-hybridized carbons (Fsp3) is 0.562. The number of hydrogen-bond acceptors (Lipinski definition) is 4. The molecular formula is C32H51N5. The van der Waals surface area contributed by atoms with Gasteiger partial charge >= 0.3 is 0 Å². The number of para-hydroxylation sites is 1. The third-order valence-electron chi connectivity index (χ3n) is 6.79. The molecule has 204 valence electrons. The Morgan fingerprint density at radius 2 is 1.81 bits per heavy atom. The fourth-order valence-corrected chi connectivity index (χ4v) is 4.92. The molecule has 0 aliphatic carbocycles. The lowest BCUT2D eigenvalue weighted by molar-refractivity contribution is 0.275. The minimum atomic E-state index is 0.396. The van der Waals surface area contributed by atoms with E-state index >= 15 is 0 Å². The number of nitrogens with zero attached hydrogens (tertiary/aromatic N) is 3. The number of nitrogens with one attached hydrogen (secondary N) is 2. The zero-order valence-electron chi connectivity index (χ0n) is 24.5. The maximum Gasteiger partial charge on any atom is 0.134 e. The zero-order chi connectivity index (χ0) is 27.3. The van der Waals surface area contributed by atoms with Crippen LogP contribution in [0.5, 0.6) is 0 Å². The van der Waals surface area contributed by atoms with Gasteiger partial charge in [-0.1, -0.05) is 78.8 Å². The van der Waals surface area contributed by atoms with E-state index in [1.165, 1.54) is 55.0 Å². The van der Waals surface area contributed by atoms with Crippen LogP contribution in [0.15, 0.2) is 43.1 Å². The number of hydrogen-bond donors (Lipinski definition) is 2. The van der Waals surface area contributed by atoms with Gasteiger partial charge in [-0.3, -0.25) is 0 Å².